The van der Waals surface area contributed by atoms with Crippen LogP contribution in [-0.2, 0) is 27.9 Å². The standard InChI is InChI=1S/C22H26N3O11P/c1-5-22(30)17(26)16(34-19(22)25-12-23-20(28)24-21(25)29)11-32-37(31,36-15-9-7-6-8-10-15)35-14(4)18(27)33-13(2)3/h1,6-10,12-14,16-17,19,26,30H,11H2,2-4H3,(H,24,28,29)/t14-,16+,17-,19+,22?,37?/m0/s1. The van der Waals surface area contributed by atoms with Gasteiger partial charge in [0.2, 0.25) is 0 Å². The number of nitrogens with one attached hydrogen (secondary N) is 1. The summed E-state index contributed by atoms with van der Waals surface area (Å²) in [5.41, 5.74) is -4.45. The van der Waals surface area contributed by atoms with E-state index in [9.17, 15) is 29.2 Å². The van der Waals surface area contributed by atoms with E-state index in [0.29, 0.717) is 4.57 Å². The van der Waals surface area contributed by atoms with Gasteiger partial charge in [-0.15, -0.1) is 6.42 Å². The second-order valence-electron chi connectivity index (χ2n) is 8.21. The summed E-state index contributed by atoms with van der Waals surface area (Å²) in [6, 6.07) is 7.78. The number of H-pyrrole nitrogens is 1. The maximum Gasteiger partial charge on any atom is 0.530 e. The zero-order valence-corrected chi connectivity index (χ0v) is 20.9. The van der Waals surface area contributed by atoms with Gasteiger partial charge in [-0.1, -0.05) is 24.1 Å². The summed E-state index contributed by atoms with van der Waals surface area (Å²) in [6.45, 7) is 3.78. The molecule has 1 fully saturated rings. The fourth-order valence-electron chi connectivity index (χ4n) is 3.28. The lowest BCUT2D eigenvalue weighted by atomic mass is 9.95. The molecule has 2 aromatic rings. The molecule has 1 aromatic heterocycles. The number of aromatic amines is 1. The van der Waals surface area contributed by atoms with Crippen molar-refractivity contribution in [2.24, 2.45) is 0 Å². The Bertz CT molecular complexity index is 1310. The van der Waals surface area contributed by atoms with Gasteiger partial charge in [-0.25, -0.2) is 18.9 Å². The number of hydrogen-bond donors (Lipinski definition) is 3. The topological polar surface area (TPSA) is 188 Å². The van der Waals surface area contributed by atoms with E-state index in [2.05, 4.69) is 4.98 Å². The molecule has 1 aromatic carbocycles. The number of para-hydroxylation sites is 1. The number of phosphoric ester groups is 1. The van der Waals surface area contributed by atoms with Crippen molar-refractivity contribution in [3.63, 3.8) is 0 Å². The summed E-state index contributed by atoms with van der Waals surface area (Å²) < 4.78 is 40.8. The molecule has 0 saturated carbocycles. The lowest BCUT2D eigenvalue weighted by Gasteiger charge is -2.26. The van der Waals surface area contributed by atoms with Gasteiger partial charge in [-0.05, 0) is 32.9 Å². The SMILES string of the molecule is C#CC1(O)[C@@H](O)[C@@H](COP(=O)(Oc2ccccc2)O[C@@H](C)C(=O)OC(C)C)O[C@H]1n1cnc(=O)[nH]c1=O. The number of carbonyl (C=O) groups is 1. The van der Waals surface area contributed by atoms with Crippen LogP contribution in [0.1, 0.15) is 27.0 Å². The predicted molar refractivity (Wildman–Crippen MR) is 125 cm³/mol. The van der Waals surface area contributed by atoms with E-state index in [-0.39, 0.29) is 5.75 Å². The monoisotopic (exact) mass is 539 g/mol. The highest BCUT2D eigenvalue weighted by Gasteiger charge is 2.56. The van der Waals surface area contributed by atoms with Crippen molar-refractivity contribution in [1.82, 2.24) is 14.5 Å². The van der Waals surface area contributed by atoms with Gasteiger partial charge in [0.05, 0.1) is 12.7 Å². The third-order valence-electron chi connectivity index (χ3n) is 5.04. The normalized spacial score (nSPS) is 25.7. The first-order chi connectivity index (χ1) is 17.4. The first-order valence-corrected chi connectivity index (χ1v) is 12.4. The van der Waals surface area contributed by atoms with E-state index in [0.717, 1.165) is 6.33 Å². The maximum absolute atomic E-state index is 13.5. The molecule has 0 spiro atoms. The van der Waals surface area contributed by atoms with Crippen LogP contribution in [0.25, 0.3) is 0 Å². The molecule has 0 bridgehead atoms. The van der Waals surface area contributed by atoms with Crippen LogP contribution in [0.2, 0.25) is 0 Å². The predicted octanol–water partition coefficient (Wildman–Crippen LogP) is 0.115. The number of aliphatic hydroxyl groups excluding tert-OH is 1. The number of nitrogens with zero attached hydrogens (tertiary/aromatic N) is 2. The van der Waals surface area contributed by atoms with E-state index in [1.807, 2.05) is 10.9 Å². The summed E-state index contributed by atoms with van der Waals surface area (Å²) in [6.07, 6.45) is -0.710. The molecule has 1 saturated heterocycles. The second-order valence-corrected chi connectivity index (χ2v) is 9.76. The van der Waals surface area contributed by atoms with Crippen LogP contribution in [0, 0.1) is 12.3 Å². The molecule has 37 heavy (non-hydrogen) atoms. The number of aromatic nitrogens is 3. The van der Waals surface area contributed by atoms with Crippen LogP contribution >= 0.6 is 7.82 Å². The van der Waals surface area contributed by atoms with Gasteiger partial charge in [0.1, 0.15) is 24.3 Å². The number of terminal acetylenes is 1. The zero-order chi connectivity index (χ0) is 27.4. The summed E-state index contributed by atoms with van der Waals surface area (Å²) >= 11 is 0. The molecule has 2 heterocycles. The van der Waals surface area contributed by atoms with E-state index < -0.39 is 68.0 Å². The maximum atomic E-state index is 13.5. The van der Waals surface area contributed by atoms with Gasteiger partial charge in [0.25, 0.3) is 0 Å². The number of hydrogen-bond acceptors (Lipinski definition) is 12. The van der Waals surface area contributed by atoms with Crippen LogP contribution in [0.4, 0.5) is 0 Å². The number of ether oxygens (including phenoxy) is 2. The Labute approximate surface area is 210 Å². The van der Waals surface area contributed by atoms with Gasteiger partial charge in [0.15, 0.2) is 17.9 Å². The Balaban J connectivity index is 1.84. The minimum absolute atomic E-state index is 0.0759. The van der Waals surface area contributed by atoms with Crippen molar-refractivity contribution in [2.45, 2.75) is 57.0 Å². The fourth-order valence-corrected chi connectivity index (χ4v) is 4.62. The second kappa shape index (κ2) is 11.4. The summed E-state index contributed by atoms with van der Waals surface area (Å²) in [4.78, 5) is 41.0. The van der Waals surface area contributed by atoms with Crippen LogP contribution in [0.3, 0.4) is 0 Å². The van der Waals surface area contributed by atoms with Crippen molar-refractivity contribution >= 4 is 13.8 Å². The minimum atomic E-state index is -4.59. The van der Waals surface area contributed by atoms with E-state index >= 15 is 0 Å². The van der Waals surface area contributed by atoms with Crippen molar-refractivity contribution in [3.05, 3.63) is 57.6 Å². The van der Waals surface area contributed by atoms with Crippen LogP contribution in [-0.4, -0.2) is 67.3 Å². The van der Waals surface area contributed by atoms with Crippen LogP contribution in [0.5, 0.6) is 5.75 Å². The highest BCUT2D eigenvalue weighted by molar-refractivity contribution is 7.49. The molecular formula is C22H26N3O11P. The van der Waals surface area contributed by atoms with Gasteiger partial charge in [0, 0.05) is 0 Å². The van der Waals surface area contributed by atoms with Crippen molar-refractivity contribution in [2.75, 3.05) is 6.61 Å². The van der Waals surface area contributed by atoms with E-state index in [1.54, 1.807) is 32.0 Å². The Morgan fingerprint density at radius 3 is 2.59 bits per heavy atom. The molecule has 1 aliphatic heterocycles. The number of aliphatic hydroxyl groups is 2. The molecular weight excluding hydrogens is 513 g/mol. The molecule has 2 unspecified atom stereocenters. The van der Waals surface area contributed by atoms with Crippen molar-refractivity contribution in [1.29, 1.82) is 0 Å². The average molecular weight is 539 g/mol. The molecule has 0 aliphatic carbocycles. The quantitative estimate of drug-likeness (QED) is 0.210. The van der Waals surface area contributed by atoms with Gasteiger partial charge < -0.3 is 24.2 Å². The Hall–Kier alpha value is -3.31. The lowest BCUT2D eigenvalue weighted by Crippen LogP contribution is -2.48. The molecule has 0 amide bonds. The summed E-state index contributed by atoms with van der Waals surface area (Å²) in [5.74, 6) is 1.21. The molecule has 0 radical (unpaired) electrons. The highest BCUT2D eigenvalue weighted by Crippen LogP contribution is 2.51. The van der Waals surface area contributed by atoms with E-state index in [4.69, 9.17) is 29.5 Å². The van der Waals surface area contributed by atoms with Gasteiger partial charge in [-0.2, -0.15) is 4.98 Å². The first kappa shape index (κ1) is 28.3. The van der Waals surface area contributed by atoms with E-state index in [1.165, 1.54) is 19.1 Å². The number of phosphoric acid groups is 1. The van der Waals surface area contributed by atoms with Crippen molar-refractivity contribution < 1.29 is 42.6 Å². The van der Waals surface area contributed by atoms with Crippen LogP contribution < -0.4 is 15.9 Å². The summed E-state index contributed by atoms with van der Waals surface area (Å²) in [5, 5.41) is 21.6. The molecule has 3 rings (SSSR count). The Kier molecular flexibility index (Phi) is 8.70. The Morgan fingerprint density at radius 2 is 2.00 bits per heavy atom. The molecule has 6 atom stereocenters. The average Bonchev–Trinajstić information content (AvgIpc) is 3.08. The highest BCUT2D eigenvalue weighted by atomic mass is 31.2. The Morgan fingerprint density at radius 1 is 1.32 bits per heavy atom. The zero-order valence-electron chi connectivity index (χ0n) is 20.0. The van der Waals surface area contributed by atoms with Gasteiger partial charge >= 0.3 is 25.2 Å². The number of rotatable bonds is 10. The molecule has 1 aliphatic rings. The first-order valence-electron chi connectivity index (χ1n) is 11.0. The van der Waals surface area contributed by atoms with Crippen molar-refractivity contribution in [3.8, 4) is 18.1 Å². The fraction of sp³-hybridized carbons (Fsp3) is 0.455. The number of esters is 1. The minimum Gasteiger partial charge on any atom is -0.461 e. The van der Waals surface area contributed by atoms with Crippen LogP contribution in [0.15, 0.2) is 46.2 Å². The largest absolute Gasteiger partial charge is 0.530 e. The molecule has 3 N–H and O–H groups in total. The molecule has 15 heteroatoms. The third kappa shape index (κ3) is 6.53. The lowest BCUT2D eigenvalue weighted by molar-refractivity contribution is -0.156. The molecule has 200 valence electrons. The number of carbonyl (C=O) groups excluding carboxylic acids is 1. The van der Waals surface area contributed by atoms with Gasteiger partial charge in [-0.3, -0.25) is 18.6 Å². The molecule has 14 nitrogen and oxygen atoms in total. The smallest absolute Gasteiger partial charge is 0.461 e. The number of benzene rings is 1. The third-order valence-corrected chi connectivity index (χ3v) is 6.52. The summed E-state index contributed by atoms with van der Waals surface area (Å²) in [7, 11) is -4.59.